The van der Waals surface area contributed by atoms with Crippen LogP contribution in [0.3, 0.4) is 0 Å². The summed E-state index contributed by atoms with van der Waals surface area (Å²) in [5, 5.41) is 10.1. The fraction of sp³-hybridized carbons (Fsp3) is 0.474. The Kier molecular flexibility index (Phi) is 13.1. The fourth-order valence-electron chi connectivity index (χ4n) is 6.08. The van der Waals surface area contributed by atoms with E-state index in [-0.39, 0.29) is 30.8 Å². The van der Waals surface area contributed by atoms with Gasteiger partial charge in [0.1, 0.15) is 29.2 Å². The summed E-state index contributed by atoms with van der Waals surface area (Å²) in [6.45, 7) is 14.1. The van der Waals surface area contributed by atoms with Crippen molar-refractivity contribution >= 4 is 41.0 Å². The molecule has 4 aromatic rings. The molecule has 0 aliphatic carbocycles. The first-order valence-electron chi connectivity index (χ1n) is 18.3. The van der Waals surface area contributed by atoms with Gasteiger partial charge in [-0.05, 0) is 71.2 Å². The second-order valence-corrected chi connectivity index (χ2v) is 14.1. The highest BCUT2D eigenvalue weighted by Crippen LogP contribution is 2.32. The van der Waals surface area contributed by atoms with E-state index in [0.717, 1.165) is 12.1 Å². The van der Waals surface area contributed by atoms with Gasteiger partial charge >= 0.3 is 12.2 Å². The molecular weight excluding hydrogens is 694 g/mol. The van der Waals surface area contributed by atoms with Crippen LogP contribution in [0.4, 0.5) is 15.5 Å². The number of nitrogens with one attached hydrogen (secondary N) is 2. The van der Waals surface area contributed by atoms with Crippen LogP contribution in [0.2, 0.25) is 0 Å². The quantitative estimate of drug-likeness (QED) is 0.146. The van der Waals surface area contributed by atoms with E-state index < -0.39 is 23.5 Å². The minimum Gasteiger partial charge on any atom is -0.491 e. The molecule has 1 fully saturated rings. The molecule has 1 saturated heterocycles. The summed E-state index contributed by atoms with van der Waals surface area (Å²) >= 11 is 0. The van der Waals surface area contributed by atoms with Crippen LogP contribution < -0.4 is 21.1 Å². The number of ether oxygens (including phenoxy) is 3. The number of primary amides is 1. The van der Waals surface area contributed by atoms with Gasteiger partial charge < -0.3 is 34.7 Å². The molecule has 0 unspecified atom stereocenters. The van der Waals surface area contributed by atoms with Crippen molar-refractivity contribution < 1.29 is 33.4 Å². The van der Waals surface area contributed by atoms with Gasteiger partial charge in [0, 0.05) is 57.9 Å². The predicted molar refractivity (Wildman–Crippen MR) is 202 cm³/mol. The first kappa shape index (κ1) is 39.6. The molecule has 4 N–H and O–H groups in total. The van der Waals surface area contributed by atoms with Gasteiger partial charge in [0.2, 0.25) is 11.9 Å². The van der Waals surface area contributed by atoms with Crippen molar-refractivity contribution in [1.29, 1.82) is 0 Å². The zero-order chi connectivity index (χ0) is 38.8. The molecular formula is C38H51N9O7. The normalized spacial score (nSPS) is 13.5. The average molecular weight is 746 g/mol. The Morgan fingerprint density at radius 3 is 2.39 bits per heavy atom. The first-order valence-corrected chi connectivity index (χ1v) is 18.3. The first-order chi connectivity index (χ1) is 25.8. The largest absolute Gasteiger partial charge is 0.491 e. The van der Waals surface area contributed by atoms with Gasteiger partial charge in [-0.15, -0.1) is 0 Å². The average Bonchev–Trinajstić information content (AvgIpc) is 3.70. The number of aromatic nitrogens is 4. The number of aryl methyl sites for hydroxylation is 3. The molecule has 0 spiro atoms. The van der Waals surface area contributed by atoms with Gasteiger partial charge in [-0.2, -0.15) is 5.10 Å². The summed E-state index contributed by atoms with van der Waals surface area (Å²) < 4.78 is 20.6. The van der Waals surface area contributed by atoms with E-state index in [4.69, 9.17) is 24.9 Å². The van der Waals surface area contributed by atoms with Crippen LogP contribution >= 0.6 is 0 Å². The summed E-state index contributed by atoms with van der Waals surface area (Å²) in [6, 6.07) is 14.3. The molecule has 0 bridgehead atoms. The lowest BCUT2D eigenvalue weighted by molar-refractivity contribution is 0.0142. The molecule has 16 heteroatoms. The number of anilines is 1. The third-order valence-electron chi connectivity index (χ3n) is 8.69. The van der Waals surface area contributed by atoms with Gasteiger partial charge in [-0.1, -0.05) is 30.3 Å². The molecule has 4 amide bonds. The van der Waals surface area contributed by atoms with Crippen molar-refractivity contribution in [3.05, 3.63) is 71.0 Å². The monoisotopic (exact) mass is 745 g/mol. The number of carbonyl (C=O) groups is 4. The minimum absolute atomic E-state index is 0.147. The number of carbonyl (C=O) groups excluding carboxylic acids is 4. The van der Waals surface area contributed by atoms with Gasteiger partial charge in [0.05, 0.1) is 17.8 Å². The molecule has 290 valence electrons. The number of nitrogens with two attached hydrogens (primary N) is 1. The van der Waals surface area contributed by atoms with Crippen molar-refractivity contribution in [3.63, 3.8) is 0 Å². The van der Waals surface area contributed by atoms with Crippen LogP contribution in [0.1, 0.15) is 72.6 Å². The summed E-state index contributed by atoms with van der Waals surface area (Å²) in [5.41, 5.74) is 8.30. The third-order valence-corrected chi connectivity index (χ3v) is 8.69. The minimum atomic E-state index is -0.648. The lowest BCUT2D eigenvalue weighted by Crippen LogP contribution is -2.50. The van der Waals surface area contributed by atoms with E-state index in [1.54, 1.807) is 32.3 Å². The number of nitrogens with zero attached hydrogens (tertiary/aromatic N) is 6. The Bertz CT molecular complexity index is 1930. The molecule has 0 atom stereocenters. The number of alkyl carbamates (subject to hydrolysis) is 1. The molecule has 1 aliphatic rings. The van der Waals surface area contributed by atoms with Crippen molar-refractivity contribution in [3.8, 4) is 5.75 Å². The predicted octanol–water partition coefficient (Wildman–Crippen LogP) is 4.55. The Labute approximate surface area is 314 Å². The standard InChI is InChI=1S/C38H51N9O7/c1-6-47-30(22-26(2)43-47)34(49)42-35-41-29-23-28(33(39)48)24-31(52-21-11-15-44-17-19-45(20-18-44)37(51)54-38(3,4)5)32(29)46(35)16-10-14-40-36(50)53-25-27-12-8-7-9-13-27/h7-9,12-13,22-24H,6,10-11,14-21,25H2,1-5H3,(H2,39,48)(H,40,50)(H,41,42,49). The highest BCUT2D eigenvalue weighted by molar-refractivity contribution is 6.04. The van der Waals surface area contributed by atoms with Crippen molar-refractivity contribution in [2.75, 3.05) is 51.2 Å². The molecule has 0 saturated carbocycles. The smallest absolute Gasteiger partial charge is 0.410 e. The van der Waals surface area contributed by atoms with E-state index in [9.17, 15) is 19.2 Å². The second-order valence-electron chi connectivity index (χ2n) is 14.1. The number of piperazine rings is 1. The summed E-state index contributed by atoms with van der Waals surface area (Å²) in [4.78, 5) is 59.5. The molecule has 54 heavy (non-hydrogen) atoms. The van der Waals surface area contributed by atoms with Gasteiger partial charge in [0.25, 0.3) is 5.91 Å². The topological polar surface area (TPSA) is 188 Å². The SMILES string of the molecule is CCn1nc(C)cc1C(=O)Nc1nc2cc(C(N)=O)cc(OCCCN3CCN(C(=O)OC(C)(C)C)CC3)c2n1CCCNC(=O)OCc1ccccc1. The summed E-state index contributed by atoms with van der Waals surface area (Å²) in [7, 11) is 0. The third kappa shape index (κ3) is 10.7. The number of amides is 4. The Hall–Kier alpha value is -5.64. The van der Waals surface area contributed by atoms with Crippen LogP contribution in [-0.4, -0.2) is 105 Å². The number of benzene rings is 2. The zero-order valence-electron chi connectivity index (χ0n) is 31.7. The molecule has 16 nitrogen and oxygen atoms in total. The number of rotatable bonds is 15. The van der Waals surface area contributed by atoms with Gasteiger partial charge in [-0.25, -0.2) is 14.6 Å². The van der Waals surface area contributed by atoms with E-state index in [1.165, 1.54) is 0 Å². The van der Waals surface area contributed by atoms with Crippen molar-refractivity contribution in [2.45, 2.75) is 72.8 Å². The molecule has 1 aliphatic heterocycles. The van der Waals surface area contributed by atoms with Crippen LogP contribution in [0, 0.1) is 6.92 Å². The van der Waals surface area contributed by atoms with Crippen LogP contribution in [0.15, 0.2) is 48.5 Å². The highest BCUT2D eigenvalue weighted by atomic mass is 16.6. The summed E-state index contributed by atoms with van der Waals surface area (Å²) in [6.07, 6.45) is 0.267. The maximum absolute atomic E-state index is 13.5. The lowest BCUT2D eigenvalue weighted by Gasteiger charge is -2.35. The fourth-order valence-corrected chi connectivity index (χ4v) is 6.08. The Balaban J connectivity index is 1.29. The zero-order valence-corrected chi connectivity index (χ0v) is 31.7. The molecule has 2 aromatic carbocycles. The van der Waals surface area contributed by atoms with Gasteiger partial charge in [0.15, 0.2) is 0 Å². The van der Waals surface area contributed by atoms with Crippen molar-refractivity contribution in [2.24, 2.45) is 5.73 Å². The lowest BCUT2D eigenvalue weighted by atomic mass is 10.1. The maximum atomic E-state index is 13.5. The van der Waals surface area contributed by atoms with Crippen LogP contribution in [-0.2, 0) is 29.2 Å². The van der Waals surface area contributed by atoms with Gasteiger partial charge in [-0.3, -0.25) is 24.5 Å². The van der Waals surface area contributed by atoms with Crippen LogP contribution in [0.5, 0.6) is 5.75 Å². The molecule has 0 radical (unpaired) electrons. The highest BCUT2D eigenvalue weighted by Gasteiger charge is 2.26. The number of imidazole rings is 1. The number of hydrogen-bond acceptors (Lipinski definition) is 10. The molecule has 2 aromatic heterocycles. The summed E-state index contributed by atoms with van der Waals surface area (Å²) in [5.74, 6) is -0.433. The number of hydrogen-bond donors (Lipinski definition) is 3. The maximum Gasteiger partial charge on any atom is 0.410 e. The van der Waals surface area contributed by atoms with E-state index in [2.05, 4.69) is 20.6 Å². The second kappa shape index (κ2) is 17.9. The van der Waals surface area contributed by atoms with Crippen molar-refractivity contribution in [1.82, 2.24) is 34.4 Å². The Morgan fingerprint density at radius 1 is 0.963 bits per heavy atom. The van der Waals surface area contributed by atoms with Crippen LogP contribution in [0.25, 0.3) is 11.0 Å². The van der Waals surface area contributed by atoms with E-state index in [0.29, 0.717) is 86.9 Å². The Morgan fingerprint density at radius 2 is 1.70 bits per heavy atom. The molecule has 3 heterocycles. The molecule has 5 rings (SSSR count). The van der Waals surface area contributed by atoms with E-state index >= 15 is 0 Å². The van der Waals surface area contributed by atoms with E-state index in [1.807, 2.05) is 65.0 Å². The number of fused-ring (bicyclic) bond motifs is 1.